The second-order valence-corrected chi connectivity index (χ2v) is 10.5. The molecule has 4 aromatic rings. The Morgan fingerprint density at radius 2 is 1.78 bits per heavy atom. The smallest absolute Gasteiger partial charge is 0.261 e. The first-order valence-electron chi connectivity index (χ1n) is 11.8. The van der Waals surface area contributed by atoms with E-state index in [2.05, 4.69) is 29.7 Å². The van der Waals surface area contributed by atoms with Crippen LogP contribution in [0.25, 0.3) is 10.4 Å². The summed E-state index contributed by atoms with van der Waals surface area (Å²) in [6, 6.07) is 16.3. The molecular formula is C28H28F2N2O2S2. The van der Waals surface area contributed by atoms with E-state index in [4.69, 9.17) is 0 Å². The highest BCUT2D eigenvalue weighted by molar-refractivity contribution is 7.17. The number of rotatable bonds is 11. The van der Waals surface area contributed by atoms with Crippen LogP contribution >= 0.6 is 22.7 Å². The molecule has 2 atom stereocenters. The second kappa shape index (κ2) is 12.4. The number of thiophene rings is 2. The van der Waals surface area contributed by atoms with Gasteiger partial charge >= 0.3 is 0 Å². The van der Waals surface area contributed by atoms with Crippen molar-refractivity contribution in [3.63, 3.8) is 0 Å². The van der Waals surface area contributed by atoms with Crippen molar-refractivity contribution >= 4 is 28.6 Å². The van der Waals surface area contributed by atoms with Crippen molar-refractivity contribution in [3.8, 4) is 10.4 Å². The number of aliphatic hydroxyl groups is 1. The van der Waals surface area contributed by atoms with Gasteiger partial charge in [0.1, 0.15) is 11.6 Å². The first-order chi connectivity index (χ1) is 17.4. The zero-order chi connectivity index (χ0) is 25.5. The number of carbonyl (C=O) groups excluding carboxylic acids is 1. The summed E-state index contributed by atoms with van der Waals surface area (Å²) in [5.41, 5.74) is 3.73. The molecule has 188 valence electrons. The van der Waals surface area contributed by atoms with Crippen molar-refractivity contribution in [1.82, 2.24) is 10.6 Å². The molecule has 2 unspecified atom stereocenters. The molecule has 0 aliphatic rings. The topological polar surface area (TPSA) is 61.4 Å². The number of aliphatic hydroxyl groups excluding tert-OH is 1. The van der Waals surface area contributed by atoms with Crippen LogP contribution in [0.3, 0.4) is 0 Å². The summed E-state index contributed by atoms with van der Waals surface area (Å²) in [4.78, 5) is 14.5. The maximum atomic E-state index is 13.8. The lowest BCUT2D eigenvalue weighted by atomic mass is 10.0. The number of hydrogen-bond acceptors (Lipinski definition) is 5. The van der Waals surface area contributed by atoms with E-state index in [1.165, 1.54) is 29.0 Å². The predicted octanol–water partition coefficient (Wildman–Crippen LogP) is 5.81. The zero-order valence-corrected chi connectivity index (χ0v) is 21.5. The van der Waals surface area contributed by atoms with Gasteiger partial charge in [0.05, 0.1) is 17.0 Å². The van der Waals surface area contributed by atoms with E-state index in [1.807, 2.05) is 35.0 Å². The van der Waals surface area contributed by atoms with E-state index in [0.29, 0.717) is 17.0 Å². The van der Waals surface area contributed by atoms with Crippen LogP contribution in [0.2, 0.25) is 0 Å². The Morgan fingerprint density at radius 3 is 2.50 bits per heavy atom. The zero-order valence-electron chi connectivity index (χ0n) is 19.8. The van der Waals surface area contributed by atoms with E-state index >= 15 is 0 Å². The highest BCUT2D eigenvalue weighted by Gasteiger charge is 2.24. The van der Waals surface area contributed by atoms with E-state index in [1.54, 1.807) is 17.4 Å². The first-order valence-corrected chi connectivity index (χ1v) is 13.5. The molecule has 36 heavy (non-hydrogen) atoms. The molecule has 3 N–H and O–H groups in total. The number of aryl methyl sites for hydroxylation is 1. The molecule has 0 fully saturated rings. The van der Waals surface area contributed by atoms with Crippen molar-refractivity contribution in [3.05, 3.63) is 105 Å². The number of benzene rings is 2. The van der Waals surface area contributed by atoms with Gasteiger partial charge < -0.3 is 15.7 Å². The summed E-state index contributed by atoms with van der Waals surface area (Å²) in [6.07, 6.45) is 0.0362. The highest BCUT2D eigenvalue weighted by Crippen LogP contribution is 2.29. The predicted molar refractivity (Wildman–Crippen MR) is 142 cm³/mol. The largest absolute Gasteiger partial charge is 0.390 e. The number of halogens is 2. The Labute approximate surface area is 217 Å². The molecule has 1 amide bonds. The Morgan fingerprint density at radius 1 is 1.00 bits per heavy atom. The van der Waals surface area contributed by atoms with Crippen molar-refractivity contribution in [2.45, 2.75) is 38.5 Å². The molecule has 4 rings (SSSR count). The minimum absolute atomic E-state index is 0.0807. The van der Waals surface area contributed by atoms with Crippen LogP contribution in [0, 0.1) is 11.6 Å². The fourth-order valence-electron chi connectivity index (χ4n) is 3.99. The monoisotopic (exact) mass is 526 g/mol. The van der Waals surface area contributed by atoms with Crippen LogP contribution in [-0.4, -0.2) is 29.7 Å². The lowest BCUT2D eigenvalue weighted by Crippen LogP contribution is -2.48. The first kappa shape index (κ1) is 26.2. The minimum Gasteiger partial charge on any atom is -0.390 e. The van der Waals surface area contributed by atoms with Gasteiger partial charge in [0, 0.05) is 29.6 Å². The summed E-state index contributed by atoms with van der Waals surface area (Å²) in [5.74, 6) is -1.73. The summed E-state index contributed by atoms with van der Waals surface area (Å²) in [7, 11) is 0. The molecule has 0 bridgehead atoms. The molecule has 2 aromatic carbocycles. The molecule has 2 aromatic heterocycles. The van der Waals surface area contributed by atoms with Crippen LogP contribution in [0.4, 0.5) is 8.78 Å². The molecule has 0 aliphatic heterocycles. The third kappa shape index (κ3) is 7.07. The highest BCUT2D eigenvalue weighted by atomic mass is 32.1. The average Bonchev–Trinajstić information content (AvgIpc) is 3.55. The molecule has 0 spiro atoms. The molecule has 2 heterocycles. The maximum Gasteiger partial charge on any atom is 0.261 e. The number of nitrogens with one attached hydrogen (secondary N) is 2. The number of amides is 1. The van der Waals surface area contributed by atoms with Gasteiger partial charge in [-0.25, -0.2) is 8.78 Å². The summed E-state index contributed by atoms with van der Waals surface area (Å²) in [6.45, 7) is 2.84. The van der Waals surface area contributed by atoms with Crippen LogP contribution in [0.5, 0.6) is 0 Å². The number of carbonyl (C=O) groups is 1. The summed E-state index contributed by atoms with van der Waals surface area (Å²) < 4.78 is 27.6. The van der Waals surface area contributed by atoms with Crippen molar-refractivity contribution in [1.29, 1.82) is 0 Å². The van der Waals surface area contributed by atoms with Gasteiger partial charge in [-0.2, -0.15) is 11.3 Å². The Balaban J connectivity index is 1.45. The Kier molecular flexibility index (Phi) is 8.98. The molecule has 0 radical (unpaired) electrons. The Bertz CT molecular complexity index is 1270. The Hall–Kier alpha value is -2.91. The third-order valence-corrected chi connectivity index (χ3v) is 7.69. The maximum absolute atomic E-state index is 13.8. The van der Waals surface area contributed by atoms with Crippen molar-refractivity contribution in [2.24, 2.45) is 0 Å². The fourth-order valence-corrected chi connectivity index (χ4v) is 5.63. The standard InChI is InChI=1S/C28H28F2N2O2S2/c1-2-18-4-3-5-19(10-18)15-31-16-25(33)24(13-20-11-22(29)14-23(30)12-20)32-28(34)27-7-6-26(36-27)21-8-9-35-17-21/h3-12,14,17,24-25,31,33H,2,13,15-16H2,1H3,(H,32,34). The van der Waals surface area contributed by atoms with Gasteiger partial charge in [-0.1, -0.05) is 31.2 Å². The van der Waals surface area contributed by atoms with Gasteiger partial charge in [-0.05, 0) is 70.6 Å². The minimum atomic E-state index is -0.981. The molecular weight excluding hydrogens is 498 g/mol. The fraction of sp³-hybridized carbons (Fsp3) is 0.250. The quantitative estimate of drug-likeness (QED) is 0.231. The summed E-state index contributed by atoms with van der Waals surface area (Å²) >= 11 is 2.94. The van der Waals surface area contributed by atoms with E-state index in [0.717, 1.165) is 28.5 Å². The molecule has 0 saturated heterocycles. The van der Waals surface area contributed by atoms with Crippen LogP contribution in [0.15, 0.2) is 71.4 Å². The van der Waals surface area contributed by atoms with Crippen LogP contribution < -0.4 is 10.6 Å². The normalized spacial score (nSPS) is 12.9. The molecule has 0 saturated carbocycles. The van der Waals surface area contributed by atoms with Crippen LogP contribution in [0.1, 0.15) is 33.3 Å². The number of hydrogen-bond donors (Lipinski definition) is 3. The van der Waals surface area contributed by atoms with Gasteiger partial charge in [0.15, 0.2) is 0 Å². The molecule has 0 aliphatic carbocycles. The van der Waals surface area contributed by atoms with Crippen LogP contribution in [-0.2, 0) is 19.4 Å². The average molecular weight is 527 g/mol. The van der Waals surface area contributed by atoms with E-state index in [-0.39, 0.29) is 18.9 Å². The van der Waals surface area contributed by atoms with E-state index < -0.39 is 23.8 Å². The van der Waals surface area contributed by atoms with Gasteiger partial charge in [-0.15, -0.1) is 11.3 Å². The van der Waals surface area contributed by atoms with E-state index in [9.17, 15) is 18.7 Å². The summed E-state index contributed by atoms with van der Waals surface area (Å²) in [5, 5.41) is 21.1. The SMILES string of the molecule is CCc1cccc(CNCC(O)C(Cc2cc(F)cc(F)c2)NC(=O)c2ccc(-c3ccsc3)s2)c1. The molecule has 8 heteroatoms. The second-order valence-electron chi connectivity index (χ2n) is 8.61. The van der Waals surface area contributed by atoms with Crippen molar-refractivity contribution < 1.29 is 18.7 Å². The van der Waals surface area contributed by atoms with Crippen molar-refractivity contribution in [2.75, 3.05) is 6.54 Å². The lowest BCUT2D eigenvalue weighted by molar-refractivity contribution is 0.0833. The lowest BCUT2D eigenvalue weighted by Gasteiger charge is -2.25. The third-order valence-electron chi connectivity index (χ3n) is 5.88. The van der Waals surface area contributed by atoms with Gasteiger partial charge in [0.25, 0.3) is 5.91 Å². The van der Waals surface area contributed by atoms with Gasteiger partial charge in [-0.3, -0.25) is 4.79 Å². The van der Waals surface area contributed by atoms with Gasteiger partial charge in [0.2, 0.25) is 0 Å². The molecule has 4 nitrogen and oxygen atoms in total.